The van der Waals surface area contributed by atoms with Crippen LogP contribution < -0.4 is 0 Å². The molecule has 0 spiro atoms. The lowest BCUT2D eigenvalue weighted by molar-refractivity contribution is -0.153. The van der Waals surface area contributed by atoms with E-state index in [0.29, 0.717) is 19.8 Å². The SMILES string of the molecule is CC(C)COC(=O)CN(CC(=O)OCC(C)C)CC(=O)OCC(C)C. The molecule has 0 bridgehead atoms. The van der Waals surface area contributed by atoms with E-state index < -0.39 is 17.9 Å². The van der Waals surface area contributed by atoms with E-state index in [-0.39, 0.29) is 37.4 Å². The summed E-state index contributed by atoms with van der Waals surface area (Å²) in [6.07, 6.45) is 0. The molecule has 0 saturated carbocycles. The molecule has 25 heavy (non-hydrogen) atoms. The molecule has 0 aliphatic carbocycles. The van der Waals surface area contributed by atoms with Gasteiger partial charge in [0.25, 0.3) is 0 Å². The van der Waals surface area contributed by atoms with Gasteiger partial charge in [0.05, 0.1) is 39.5 Å². The van der Waals surface area contributed by atoms with E-state index in [0.717, 1.165) is 0 Å². The molecular weight excluding hydrogens is 326 g/mol. The molecule has 146 valence electrons. The Kier molecular flexibility index (Phi) is 11.9. The maximum Gasteiger partial charge on any atom is 0.320 e. The van der Waals surface area contributed by atoms with Crippen LogP contribution in [0, 0.1) is 17.8 Å². The summed E-state index contributed by atoms with van der Waals surface area (Å²) in [6, 6.07) is 0. The number of carbonyl (C=O) groups excluding carboxylic acids is 3. The Morgan fingerprint density at radius 3 is 1.04 bits per heavy atom. The van der Waals surface area contributed by atoms with Gasteiger partial charge in [-0.2, -0.15) is 0 Å². The summed E-state index contributed by atoms with van der Waals surface area (Å²) >= 11 is 0. The van der Waals surface area contributed by atoms with Gasteiger partial charge in [0, 0.05) is 0 Å². The summed E-state index contributed by atoms with van der Waals surface area (Å²) in [5, 5.41) is 0. The predicted octanol–water partition coefficient (Wildman–Crippen LogP) is 1.89. The number of carbonyl (C=O) groups is 3. The van der Waals surface area contributed by atoms with Gasteiger partial charge in [0.1, 0.15) is 0 Å². The largest absolute Gasteiger partial charge is 0.464 e. The van der Waals surface area contributed by atoms with Gasteiger partial charge in [-0.3, -0.25) is 19.3 Å². The third-order valence-electron chi connectivity index (χ3n) is 2.79. The fourth-order valence-corrected chi connectivity index (χ4v) is 1.63. The standard InChI is InChI=1S/C18H33NO6/c1-13(2)10-23-16(20)7-19(8-17(21)24-11-14(3)4)9-18(22)25-12-15(5)6/h13-15H,7-12H2,1-6H3. The first-order valence-corrected chi connectivity index (χ1v) is 8.79. The molecule has 0 aromatic heterocycles. The molecule has 0 fully saturated rings. The van der Waals surface area contributed by atoms with Crippen LogP contribution in [-0.4, -0.2) is 62.3 Å². The molecule has 0 rings (SSSR count). The number of hydrogen-bond acceptors (Lipinski definition) is 7. The minimum absolute atomic E-state index is 0.166. The zero-order valence-electron chi connectivity index (χ0n) is 16.4. The van der Waals surface area contributed by atoms with Gasteiger partial charge in [0.15, 0.2) is 0 Å². The molecule has 0 aromatic rings. The first kappa shape index (κ1) is 23.4. The van der Waals surface area contributed by atoms with Crippen molar-refractivity contribution < 1.29 is 28.6 Å². The Morgan fingerprint density at radius 2 is 0.840 bits per heavy atom. The van der Waals surface area contributed by atoms with Gasteiger partial charge in [-0.1, -0.05) is 41.5 Å². The van der Waals surface area contributed by atoms with Crippen LogP contribution in [0.1, 0.15) is 41.5 Å². The summed E-state index contributed by atoms with van der Waals surface area (Å²) in [6.45, 7) is 12.0. The van der Waals surface area contributed by atoms with Crippen LogP contribution in [-0.2, 0) is 28.6 Å². The Bertz CT molecular complexity index is 358. The molecule has 0 heterocycles. The van der Waals surface area contributed by atoms with Crippen molar-refractivity contribution in [3.8, 4) is 0 Å². The Balaban J connectivity index is 4.60. The number of esters is 3. The highest BCUT2D eigenvalue weighted by atomic mass is 16.5. The number of ether oxygens (including phenoxy) is 3. The lowest BCUT2D eigenvalue weighted by Gasteiger charge is -2.20. The highest BCUT2D eigenvalue weighted by Crippen LogP contribution is 2.00. The zero-order chi connectivity index (χ0) is 19.4. The van der Waals surface area contributed by atoms with Crippen molar-refractivity contribution in [2.24, 2.45) is 17.8 Å². The summed E-state index contributed by atoms with van der Waals surface area (Å²) in [5.74, 6) is -0.815. The number of nitrogens with zero attached hydrogens (tertiary/aromatic N) is 1. The maximum absolute atomic E-state index is 11.9. The number of rotatable bonds is 12. The average Bonchev–Trinajstić information content (AvgIpc) is 2.48. The third-order valence-corrected chi connectivity index (χ3v) is 2.79. The lowest BCUT2D eigenvalue weighted by Crippen LogP contribution is -2.40. The normalized spacial score (nSPS) is 11.3. The van der Waals surface area contributed by atoms with Crippen molar-refractivity contribution in [3.63, 3.8) is 0 Å². The summed E-state index contributed by atoms with van der Waals surface area (Å²) < 4.78 is 15.3. The quantitative estimate of drug-likeness (QED) is 0.389. The summed E-state index contributed by atoms with van der Waals surface area (Å²) in [4.78, 5) is 37.0. The molecule has 0 N–H and O–H groups in total. The van der Waals surface area contributed by atoms with Crippen LogP contribution in [0.5, 0.6) is 0 Å². The van der Waals surface area contributed by atoms with Gasteiger partial charge in [-0.25, -0.2) is 0 Å². The molecule has 0 amide bonds. The molecule has 0 atom stereocenters. The molecule has 0 radical (unpaired) electrons. The van der Waals surface area contributed by atoms with Gasteiger partial charge in [0.2, 0.25) is 0 Å². The van der Waals surface area contributed by atoms with E-state index in [1.165, 1.54) is 4.90 Å². The second-order valence-electron chi connectivity index (χ2n) is 7.38. The molecule has 7 heteroatoms. The van der Waals surface area contributed by atoms with E-state index in [4.69, 9.17) is 14.2 Å². The van der Waals surface area contributed by atoms with E-state index >= 15 is 0 Å². The van der Waals surface area contributed by atoms with E-state index in [1.807, 2.05) is 41.5 Å². The van der Waals surface area contributed by atoms with Gasteiger partial charge < -0.3 is 14.2 Å². The molecule has 0 saturated heterocycles. The molecule has 0 aliphatic heterocycles. The highest BCUT2D eigenvalue weighted by Gasteiger charge is 2.20. The van der Waals surface area contributed by atoms with Crippen molar-refractivity contribution >= 4 is 17.9 Å². The third kappa shape index (κ3) is 14.4. The van der Waals surface area contributed by atoms with Crippen LogP contribution in [0.15, 0.2) is 0 Å². The summed E-state index contributed by atoms with van der Waals surface area (Å²) in [7, 11) is 0. The van der Waals surface area contributed by atoms with Crippen LogP contribution in [0.3, 0.4) is 0 Å². The van der Waals surface area contributed by atoms with E-state index in [9.17, 15) is 14.4 Å². The fourth-order valence-electron chi connectivity index (χ4n) is 1.63. The fraction of sp³-hybridized carbons (Fsp3) is 0.833. The van der Waals surface area contributed by atoms with Crippen molar-refractivity contribution in [1.29, 1.82) is 0 Å². The van der Waals surface area contributed by atoms with E-state index in [1.54, 1.807) is 0 Å². The minimum atomic E-state index is -0.484. The van der Waals surface area contributed by atoms with Crippen molar-refractivity contribution in [3.05, 3.63) is 0 Å². The zero-order valence-corrected chi connectivity index (χ0v) is 16.4. The van der Waals surface area contributed by atoms with Gasteiger partial charge in [-0.15, -0.1) is 0 Å². The topological polar surface area (TPSA) is 82.1 Å². The average molecular weight is 359 g/mol. The van der Waals surface area contributed by atoms with E-state index in [2.05, 4.69) is 0 Å². The molecular formula is C18H33NO6. The maximum atomic E-state index is 11.9. The second kappa shape index (κ2) is 12.7. The van der Waals surface area contributed by atoms with Gasteiger partial charge >= 0.3 is 17.9 Å². The highest BCUT2D eigenvalue weighted by molar-refractivity contribution is 5.78. The smallest absolute Gasteiger partial charge is 0.320 e. The van der Waals surface area contributed by atoms with Crippen LogP contribution in [0.25, 0.3) is 0 Å². The van der Waals surface area contributed by atoms with Crippen LogP contribution in [0.4, 0.5) is 0 Å². The lowest BCUT2D eigenvalue weighted by atomic mass is 10.2. The molecule has 0 unspecified atom stereocenters. The predicted molar refractivity (Wildman–Crippen MR) is 93.8 cm³/mol. The molecule has 7 nitrogen and oxygen atoms in total. The van der Waals surface area contributed by atoms with Crippen LogP contribution in [0.2, 0.25) is 0 Å². The Hall–Kier alpha value is -1.63. The van der Waals surface area contributed by atoms with Gasteiger partial charge in [-0.05, 0) is 17.8 Å². The van der Waals surface area contributed by atoms with Crippen molar-refractivity contribution in [1.82, 2.24) is 4.90 Å². The Labute approximate surface area is 151 Å². The molecule has 0 aromatic carbocycles. The monoisotopic (exact) mass is 359 g/mol. The summed E-state index contributed by atoms with van der Waals surface area (Å²) in [5.41, 5.74) is 0. The van der Waals surface area contributed by atoms with Crippen LogP contribution >= 0.6 is 0 Å². The first-order valence-electron chi connectivity index (χ1n) is 8.79. The Morgan fingerprint density at radius 1 is 0.600 bits per heavy atom. The molecule has 0 aliphatic rings. The first-order chi connectivity index (χ1) is 11.6. The minimum Gasteiger partial charge on any atom is -0.464 e. The number of hydrogen-bond donors (Lipinski definition) is 0. The van der Waals surface area contributed by atoms with Crippen molar-refractivity contribution in [2.75, 3.05) is 39.5 Å². The second-order valence-corrected chi connectivity index (χ2v) is 7.38. The van der Waals surface area contributed by atoms with Crippen molar-refractivity contribution in [2.45, 2.75) is 41.5 Å².